The van der Waals surface area contributed by atoms with E-state index >= 15 is 0 Å². The molecule has 16 heavy (non-hydrogen) atoms. The van der Waals surface area contributed by atoms with Crippen molar-refractivity contribution in [3.8, 4) is 0 Å². The molecule has 0 unspecified atom stereocenters. The normalized spacial score (nSPS) is 33.0. The van der Waals surface area contributed by atoms with Gasteiger partial charge in [-0.3, -0.25) is 0 Å². The van der Waals surface area contributed by atoms with Gasteiger partial charge in [-0.15, -0.1) is 0 Å². The molecule has 3 heterocycles. The van der Waals surface area contributed by atoms with Crippen LogP contribution in [0, 0.1) is 0 Å². The van der Waals surface area contributed by atoms with Crippen molar-refractivity contribution in [2.45, 2.75) is 38.0 Å². The second-order valence-corrected chi connectivity index (χ2v) is 4.89. The molecule has 1 fully saturated rings. The maximum atomic E-state index is 5.99. The summed E-state index contributed by atoms with van der Waals surface area (Å²) in [6, 6.07) is 4.25. The molecule has 3 nitrogen and oxygen atoms in total. The van der Waals surface area contributed by atoms with Crippen LogP contribution in [0.2, 0.25) is 5.15 Å². The maximum absolute atomic E-state index is 5.99. The number of rotatable bonds is 0. The molecule has 0 spiro atoms. The first-order chi connectivity index (χ1) is 7.75. The Morgan fingerprint density at radius 1 is 1.50 bits per heavy atom. The summed E-state index contributed by atoms with van der Waals surface area (Å²) in [5.41, 5.74) is 2.25. The molecule has 0 radical (unpaired) electrons. The molecular formula is C12H15ClN2O. The highest BCUT2D eigenvalue weighted by atomic mass is 35.5. The predicted octanol–water partition coefficient (Wildman–Crippen LogP) is 2.62. The van der Waals surface area contributed by atoms with Gasteiger partial charge >= 0.3 is 0 Å². The molecule has 1 N–H and O–H groups in total. The predicted molar refractivity (Wildman–Crippen MR) is 62.5 cm³/mol. The standard InChI is InChI=1S/C12H15ClN2O/c1-7-11-8(4-5-10(13)15-11)12-9(16-7)3-2-6-14-12/h4-5,7,9,12,14H,2-3,6H2,1H3/t7-,9+,12+/m1/s1. The highest BCUT2D eigenvalue weighted by Crippen LogP contribution is 2.38. The molecule has 1 aromatic rings. The molecule has 86 valence electrons. The number of fused-ring (bicyclic) bond motifs is 3. The Morgan fingerprint density at radius 3 is 3.25 bits per heavy atom. The third kappa shape index (κ3) is 1.63. The third-order valence-corrected chi connectivity index (χ3v) is 3.63. The first-order valence-electron chi connectivity index (χ1n) is 5.81. The number of nitrogens with one attached hydrogen (secondary N) is 1. The number of piperidine rings is 1. The van der Waals surface area contributed by atoms with Crippen molar-refractivity contribution in [3.05, 3.63) is 28.5 Å². The molecule has 0 aliphatic carbocycles. The summed E-state index contributed by atoms with van der Waals surface area (Å²) in [7, 11) is 0. The fraction of sp³-hybridized carbons (Fsp3) is 0.583. The summed E-state index contributed by atoms with van der Waals surface area (Å²) in [6.45, 7) is 3.11. The van der Waals surface area contributed by atoms with Gasteiger partial charge in [0, 0.05) is 0 Å². The number of pyridine rings is 1. The molecule has 0 bridgehead atoms. The van der Waals surface area contributed by atoms with Gasteiger partial charge in [-0.25, -0.2) is 4.98 Å². The van der Waals surface area contributed by atoms with Gasteiger partial charge in [0.2, 0.25) is 0 Å². The summed E-state index contributed by atoms with van der Waals surface area (Å²) in [5.74, 6) is 0. The van der Waals surface area contributed by atoms with Crippen LogP contribution in [0.15, 0.2) is 12.1 Å². The number of halogens is 1. The molecule has 3 rings (SSSR count). The zero-order valence-electron chi connectivity index (χ0n) is 9.24. The summed E-state index contributed by atoms with van der Waals surface area (Å²) in [6.07, 6.45) is 2.66. The van der Waals surface area contributed by atoms with Crippen LogP contribution in [0.1, 0.15) is 43.2 Å². The first kappa shape index (κ1) is 10.5. The van der Waals surface area contributed by atoms with Crippen molar-refractivity contribution in [2.75, 3.05) is 6.54 Å². The quantitative estimate of drug-likeness (QED) is 0.706. The lowest BCUT2D eigenvalue weighted by atomic mass is 9.89. The van der Waals surface area contributed by atoms with Gasteiger partial charge < -0.3 is 10.1 Å². The fourth-order valence-corrected chi connectivity index (χ4v) is 2.85. The Kier molecular flexibility index (Phi) is 2.62. The lowest BCUT2D eigenvalue weighted by molar-refractivity contribution is -0.0559. The lowest BCUT2D eigenvalue weighted by Crippen LogP contribution is -2.43. The molecule has 0 saturated carbocycles. The Hall–Kier alpha value is -0.640. The van der Waals surface area contributed by atoms with E-state index in [4.69, 9.17) is 16.3 Å². The van der Waals surface area contributed by atoms with Gasteiger partial charge in [0.1, 0.15) is 5.15 Å². The van der Waals surface area contributed by atoms with E-state index in [0.29, 0.717) is 17.3 Å². The molecule has 4 heteroatoms. The summed E-state index contributed by atoms with van der Waals surface area (Å²) in [5, 5.41) is 4.05. The van der Waals surface area contributed by atoms with E-state index in [0.717, 1.165) is 18.7 Å². The first-order valence-corrected chi connectivity index (χ1v) is 6.18. The van der Waals surface area contributed by atoms with Crippen LogP contribution in [-0.2, 0) is 4.74 Å². The molecule has 0 aromatic carbocycles. The number of nitrogens with zero attached hydrogens (tertiary/aromatic N) is 1. The van der Waals surface area contributed by atoms with Gasteiger partial charge in [0.05, 0.1) is 23.9 Å². The highest BCUT2D eigenvalue weighted by Gasteiger charge is 2.36. The largest absolute Gasteiger partial charge is 0.367 e. The Morgan fingerprint density at radius 2 is 2.38 bits per heavy atom. The van der Waals surface area contributed by atoms with Crippen molar-refractivity contribution in [2.24, 2.45) is 0 Å². The minimum Gasteiger partial charge on any atom is -0.367 e. The van der Waals surface area contributed by atoms with Crippen LogP contribution in [-0.4, -0.2) is 17.6 Å². The molecular weight excluding hydrogens is 224 g/mol. The SMILES string of the molecule is C[C@H]1O[C@H]2CCCN[C@H]2c2ccc(Cl)nc21. The van der Waals surface area contributed by atoms with Gasteiger partial charge in [0.15, 0.2) is 0 Å². The zero-order chi connectivity index (χ0) is 11.1. The number of ether oxygens (including phenoxy) is 1. The van der Waals surface area contributed by atoms with E-state index in [1.165, 1.54) is 12.0 Å². The van der Waals surface area contributed by atoms with Crippen molar-refractivity contribution < 1.29 is 4.74 Å². The van der Waals surface area contributed by atoms with Crippen LogP contribution in [0.5, 0.6) is 0 Å². The van der Waals surface area contributed by atoms with Gasteiger partial charge in [0.25, 0.3) is 0 Å². The van der Waals surface area contributed by atoms with Gasteiger partial charge in [-0.1, -0.05) is 17.7 Å². The molecule has 2 aliphatic rings. The van der Waals surface area contributed by atoms with E-state index in [1.54, 1.807) is 0 Å². The average Bonchev–Trinajstić information content (AvgIpc) is 2.29. The second kappa shape index (κ2) is 3.99. The van der Waals surface area contributed by atoms with Crippen molar-refractivity contribution in [1.29, 1.82) is 0 Å². The Bertz CT molecular complexity index is 410. The summed E-state index contributed by atoms with van der Waals surface area (Å²) in [4.78, 5) is 4.39. The molecule has 0 amide bonds. The van der Waals surface area contributed by atoms with E-state index in [1.807, 2.05) is 13.0 Å². The lowest BCUT2D eigenvalue weighted by Gasteiger charge is -2.40. The van der Waals surface area contributed by atoms with E-state index < -0.39 is 0 Å². The topological polar surface area (TPSA) is 34.1 Å². The highest BCUT2D eigenvalue weighted by molar-refractivity contribution is 6.29. The Balaban J connectivity index is 2.04. The zero-order valence-corrected chi connectivity index (χ0v) is 10.00. The van der Waals surface area contributed by atoms with E-state index in [-0.39, 0.29) is 6.10 Å². The summed E-state index contributed by atoms with van der Waals surface area (Å²) < 4.78 is 5.99. The second-order valence-electron chi connectivity index (χ2n) is 4.50. The van der Waals surface area contributed by atoms with E-state index in [9.17, 15) is 0 Å². The molecule has 3 atom stereocenters. The maximum Gasteiger partial charge on any atom is 0.129 e. The molecule has 1 saturated heterocycles. The van der Waals surface area contributed by atoms with E-state index in [2.05, 4.69) is 16.4 Å². The van der Waals surface area contributed by atoms with Crippen LogP contribution in [0.25, 0.3) is 0 Å². The summed E-state index contributed by atoms with van der Waals surface area (Å²) >= 11 is 5.93. The number of hydrogen-bond donors (Lipinski definition) is 1. The van der Waals surface area contributed by atoms with Gasteiger partial charge in [-0.2, -0.15) is 0 Å². The monoisotopic (exact) mass is 238 g/mol. The van der Waals surface area contributed by atoms with Gasteiger partial charge in [-0.05, 0) is 37.9 Å². The molecule has 2 aliphatic heterocycles. The number of aromatic nitrogens is 1. The third-order valence-electron chi connectivity index (χ3n) is 3.42. The van der Waals surface area contributed by atoms with Crippen molar-refractivity contribution in [1.82, 2.24) is 10.3 Å². The van der Waals surface area contributed by atoms with Crippen LogP contribution < -0.4 is 5.32 Å². The minimum atomic E-state index is 0.0508. The Labute approximate surface area is 100 Å². The fourth-order valence-electron chi connectivity index (χ4n) is 2.69. The van der Waals surface area contributed by atoms with Crippen LogP contribution in [0.3, 0.4) is 0 Å². The average molecular weight is 239 g/mol. The molecule has 1 aromatic heterocycles. The van der Waals surface area contributed by atoms with Crippen LogP contribution >= 0.6 is 11.6 Å². The van der Waals surface area contributed by atoms with Crippen molar-refractivity contribution in [3.63, 3.8) is 0 Å². The smallest absolute Gasteiger partial charge is 0.129 e. The van der Waals surface area contributed by atoms with Crippen LogP contribution in [0.4, 0.5) is 0 Å². The number of hydrogen-bond acceptors (Lipinski definition) is 3. The minimum absolute atomic E-state index is 0.0508. The van der Waals surface area contributed by atoms with Crippen molar-refractivity contribution >= 4 is 11.6 Å².